The number of amides is 2. The summed E-state index contributed by atoms with van der Waals surface area (Å²) in [5, 5.41) is 11.3. The van der Waals surface area contributed by atoms with Gasteiger partial charge in [0.25, 0.3) is 0 Å². The highest BCUT2D eigenvalue weighted by atomic mass is 16.5. The SMILES string of the molecule is Cc1noc(C)c1[C@@H]1CCCN1C(=O)NCc1ccccc1-n1cncn1. The van der Waals surface area contributed by atoms with Crippen molar-refractivity contribution in [2.24, 2.45) is 0 Å². The molecule has 0 unspecified atom stereocenters. The Kier molecular flexibility index (Phi) is 4.62. The molecule has 0 aliphatic carbocycles. The third-order valence-corrected chi connectivity index (χ3v) is 5.02. The lowest BCUT2D eigenvalue weighted by atomic mass is 10.0. The summed E-state index contributed by atoms with van der Waals surface area (Å²) in [5.41, 5.74) is 3.77. The van der Waals surface area contributed by atoms with E-state index in [9.17, 15) is 4.79 Å². The van der Waals surface area contributed by atoms with Crippen LogP contribution in [0.5, 0.6) is 0 Å². The van der Waals surface area contributed by atoms with Crippen molar-refractivity contribution in [3.8, 4) is 5.69 Å². The molecule has 0 radical (unpaired) electrons. The first kappa shape index (κ1) is 17.3. The lowest BCUT2D eigenvalue weighted by molar-refractivity contribution is 0.192. The lowest BCUT2D eigenvalue weighted by Gasteiger charge is -2.25. The molecule has 8 nitrogen and oxygen atoms in total. The van der Waals surface area contributed by atoms with Crippen LogP contribution in [-0.4, -0.2) is 37.4 Å². The molecule has 1 saturated heterocycles. The van der Waals surface area contributed by atoms with Gasteiger partial charge in [-0.3, -0.25) is 0 Å². The van der Waals surface area contributed by atoms with Crippen LogP contribution in [0.4, 0.5) is 4.79 Å². The molecule has 2 amide bonds. The van der Waals surface area contributed by atoms with Crippen LogP contribution in [0.2, 0.25) is 0 Å². The second-order valence-electron chi connectivity index (χ2n) is 6.72. The van der Waals surface area contributed by atoms with E-state index >= 15 is 0 Å². The predicted octanol–water partition coefficient (Wildman–Crippen LogP) is 2.92. The maximum absolute atomic E-state index is 12.9. The Balaban J connectivity index is 1.49. The van der Waals surface area contributed by atoms with Crippen LogP contribution >= 0.6 is 0 Å². The first-order valence-corrected chi connectivity index (χ1v) is 9.05. The molecule has 1 atom stereocenters. The summed E-state index contributed by atoms with van der Waals surface area (Å²) in [6.07, 6.45) is 5.03. The fraction of sp³-hybridized carbons (Fsp3) is 0.368. The molecule has 140 valence electrons. The quantitative estimate of drug-likeness (QED) is 0.767. The third-order valence-electron chi connectivity index (χ3n) is 5.02. The molecule has 0 saturated carbocycles. The number of nitrogens with zero attached hydrogens (tertiary/aromatic N) is 5. The van der Waals surface area contributed by atoms with Crippen molar-refractivity contribution in [1.82, 2.24) is 30.1 Å². The Morgan fingerprint density at radius 2 is 2.19 bits per heavy atom. The Morgan fingerprint density at radius 3 is 2.93 bits per heavy atom. The zero-order valence-electron chi connectivity index (χ0n) is 15.4. The number of carbonyl (C=O) groups excluding carboxylic acids is 1. The number of urea groups is 1. The highest BCUT2D eigenvalue weighted by Gasteiger charge is 2.33. The molecule has 4 rings (SSSR count). The molecule has 0 spiro atoms. The first-order valence-electron chi connectivity index (χ1n) is 9.05. The fourth-order valence-corrected chi connectivity index (χ4v) is 3.76. The van der Waals surface area contributed by atoms with Gasteiger partial charge in [-0.05, 0) is 38.3 Å². The minimum atomic E-state index is -0.0779. The molecule has 1 aliphatic rings. The Hall–Kier alpha value is -3.16. The minimum Gasteiger partial charge on any atom is -0.361 e. The van der Waals surface area contributed by atoms with Crippen molar-refractivity contribution in [3.63, 3.8) is 0 Å². The smallest absolute Gasteiger partial charge is 0.318 e. The first-order chi connectivity index (χ1) is 13.1. The van der Waals surface area contributed by atoms with Crippen LogP contribution in [0.1, 0.15) is 41.5 Å². The van der Waals surface area contributed by atoms with Crippen LogP contribution in [0.3, 0.4) is 0 Å². The molecule has 2 aromatic heterocycles. The minimum absolute atomic E-state index is 0.0156. The van der Waals surface area contributed by atoms with E-state index in [4.69, 9.17) is 4.52 Å². The van der Waals surface area contributed by atoms with E-state index in [0.29, 0.717) is 6.54 Å². The highest BCUT2D eigenvalue weighted by Crippen LogP contribution is 2.35. The standard InChI is InChI=1S/C19H22N6O2/c1-13-18(14(2)27-23-13)17-8-5-9-24(17)19(26)21-10-15-6-3-4-7-16(15)25-12-20-11-22-25/h3-4,6-7,11-12,17H,5,8-10H2,1-2H3,(H,21,26)/t17-/m0/s1. The van der Waals surface area contributed by atoms with Gasteiger partial charge in [0.2, 0.25) is 0 Å². The lowest BCUT2D eigenvalue weighted by Crippen LogP contribution is -2.39. The number of hydrogen-bond acceptors (Lipinski definition) is 5. The molecule has 3 aromatic rings. The maximum atomic E-state index is 12.9. The van der Waals surface area contributed by atoms with Crippen molar-refractivity contribution in [3.05, 3.63) is 59.5 Å². The second kappa shape index (κ2) is 7.22. The molecule has 1 aromatic carbocycles. The van der Waals surface area contributed by atoms with E-state index in [-0.39, 0.29) is 12.1 Å². The van der Waals surface area contributed by atoms with Gasteiger partial charge in [-0.25, -0.2) is 14.5 Å². The summed E-state index contributed by atoms with van der Waals surface area (Å²) in [6, 6.07) is 7.76. The Labute approximate surface area is 157 Å². The van der Waals surface area contributed by atoms with E-state index in [1.807, 2.05) is 43.0 Å². The van der Waals surface area contributed by atoms with E-state index in [1.165, 1.54) is 6.33 Å². The van der Waals surface area contributed by atoms with Crippen LogP contribution in [0, 0.1) is 13.8 Å². The third kappa shape index (κ3) is 3.30. The summed E-state index contributed by atoms with van der Waals surface area (Å²) < 4.78 is 7.00. The predicted molar refractivity (Wildman–Crippen MR) is 98.3 cm³/mol. The number of carbonyl (C=O) groups is 1. The van der Waals surface area contributed by atoms with E-state index < -0.39 is 0 Å². The summed E-state index contributed by atoms with van der Waals surface area (Å²) in [6.45, 7) is 4.97. The van der Waals surface area contributed by atoms with Gasteiger partial charge in [-0.1, -0.05) is 23.4 Å². The normalized spacial score (nSPS) is 16.7. The molecule has 3 heterocycles. The Morgan fingerprint density at radius 1 is 1.33 bits per heavy atom. The van der Waals surface area contributed by atoms with Gasteiger partial charge in [0, 0.05) is 18.7 Å². The van der Waals surface area contributed by atoms with Gasteiger partial charge in [0.15, 0.2) is 0 Å². The van der Waals surface area contributed by atoms with Gasteiger partial charge in [0.05, 0.1) is 17.4 Å². The number of rotatable bonds is 4. The van der Waals surface area contributed by atoms with E-state index in [0.717, 1.165) is 47.7 Å². The van der Waals surface area contributed by atoms with Crippen LogP contribution in [0.15, 0.2) is 41.4 Å². The van der Waals surface area contributed by atoms with Crippen LogP contribution in [-0.2, 0) is 6.54 Å². The Bertz CT molecular complexity index is 914. The molecule has 1 aliphatic heterocycles. The number of aromatic nitrogens is 4. The van der Waals surface area contributed by atoms with Gasteiger partial charge in [0.1, 0.15) is 18.4 Å². The molecular weight excluding hydrogens is 344 g/mol. The average molecular weight is 366 g/mol. The van der Waals surface area contributed by atoms with Gasteiger partial charge in [-0.2, -0.15) is 5.10 Å². The molecule has 27 heavy (non-hydrogen) atoms. The molecular formula is C19H22N6O2. The maximum Gasteiger partial charge on any atom is 0.318 e. The monoisotopic (exact) mass is 366 g/mol. The van der Waals surface area contributed by atoms with Crippen LogP contribution in [0.25, 0.3) is 5.69 Å². The molecule has 1 fully saturated rings. The number of nitrogens with one attached hydrogen (secondary N) is 1. The van der Waals surface area contributed by atoms with E-state index in [2.05, 4.69) is 20.6 Å². The summed E-state index contributed by atoms with van der Waals surface area (Å²) >= 11 is 0. The van der Waals surface area contributed by atoms with Crippen molar-refractivity contribution in [2.45, 2.75) is 39.3 Å². The van der Waals surface area contributed by atoms with Gasteiger partial charge < -0.3 is 14.7 Å². The van der Waals surface area contributed by atoms with E-state index in [1.54, 1.807) is 11.0 Å². The van der Waals surface area contributed by atoms with Crippen molar-refractivity contribution < 1.29 is 9.32 Å². The van der Waals surface area contributed by atoms with Crippen molar-refractivity contribution in [1.29, 1.82) is 0 Å². The summed E-state index contributed by atoms with van der Waals surface area (Å²) in [4.78, 5) is 18.7. The van der Waals surface area contributed by atoms with Crippen molar-refractivity contribution in [2.75, 3.05) is 6.54 Å². The molecule has 8 heteroatoms. The van der Waals surface area contributed by atoms with Gasteiger partial charge >= 0.3 is 6.03 Å². The highest BCUT2D eigenvalue weighted by molar-refractivity contribution is 5.75. The molecule has 0 bridgehead atoms. The topological polar surface area (TPSA) is 89.1 Å². The average Bonchev–Trinajstić information content (AvgIpc) is 3.41. The number of aryl methyl sites for hydroxylation is 2. The van der Waals surface area contributed by atoms with Gasteiger partial charge in [-0.15, -0.1) is 0 Å². The second-order valence-corrected chi connectivity index (χ2v) is 6.72. The van der Waals surface area contributed by atoms with Crippen molar-refractivity contribution >= 4 is 6.03 Å². The summed E-state index contributed by atoms with van der Waals surface area (Å²) in [7, 11) is 0. The number of likely N-dealkylation sites (tertiary alicyclic amines) is 1. The fourth-order valence-electron chi connectivity index (χ4n) is 3.76. The number of benzene rings is 1. The molecule has 1 N–H and O–H groups in total. The van der Waals surface area contributed by atoms with Crippen LogP contribution < -0.4 is 5.32 Å². The zero-order chi connectivity index (χ0) is 18.8. The number of hydrogen-bond donors (Lipinski definition) is 1. The zero-order valence-corrected chi connectivity index (χ0v) is 15.4. The number of para-hydroxylation sites is 1. The largest absolute Gasteiger partial charge is 0.361 e. The summed E-state index contributed by atoms with van der Waals surface area (Å²) in [5.74, 6) is 0.786.